The summed E-state index contributed by atoms with van der Waals surface area (Å²) in [5.41, 5.74) is 0. The van der Waals surface area contributed by atoms with Gasteiger partial charge in [-0.15, -0.1) is 0 Å². The third-order valence-corrected chi connectivity index (χ3v) is 1.42. The zero-order valence-corrected chi connectivity index (χ0v) is 5.05. The first-order chi connectivity index (χ1) is 3.83. The van der Waals surface area contributed by atoms with E-state index in [1.165, 1.54) is 0 Å². The molecular weight excluding hydrogens is 102 g/mol. The van der Waals surface area contributed by atoms with E-state index in [4.69, 9.17) is 0 Å². The summed E-state index contributed by atoms with van der Waals surface area (Å²) in [5, 5.41) is 0. The zero-order chi connectivity index (χ0) is 5.98. The van der Waals surface area contributed by atoms with Crippen LogP contribution in [0.25, 0.3) is 0 Å². The van der Waals surface area contributed by atoms with Crippen molar-refractivity contribution in [2.24, 2.45) is 0 Å². The predicted octanol–water partition coefficient (Wildman–Crippen LogP) is 0.443. The van der Waals surface area contributed by atoms with Gasteiger partial charge in [-0.3, -0.25) is 9.69 Å². The Hall–Kier alpha value is -0.370. The van der Waals surface area contributed by atoms with Crippen LogP contribution in [0.2, 0.25) is 0 Å². The summed E-state index contributed by atoms with van der Waals surface area (Å²) < 4.78 is 0. The van der Waals surface area contributed by atoms with E-state index in [1.807, 2.05) is 18.4 Å². The number of carbonyl (C=O) groups excluding carboxylic acids is 1. The van der Waals surface area contributed by atoms with E-state index in [2.05, 4.69) is 0 Å². The Morgan fingerprint density at radius 3 is 2.75 bits per heavy atom. The normalized spacial score (nSPS) is 22.4. The van der Waals surface area contributed by atoms with Crippen LogP contribution < -0.4 is 0 Å². The number of nitrogens with zero attached hydrogens (tertiary/aromatic N) is 1. The lowest BCUT2D eigenvalue weighted by molar-refractivity contribution is -0.116. The van der Waals surface area contributed by atoms with E-state index in [0.717, 1.165) is 13.0 Å². The van der Waals surface area contributed by atoms with E-state index in [-0.39, 0.29) is 0 Å². The molecular formula is C6H10NO. The Kier molecular flexibility index (Phi) is 1.63. The van der Waals surface area contributed by atoms with Crippen LogP contribution in [0.4, 0.5) is 0 Å². The second-order valence-corrected chi connectivity index (χ2v) is 2.02. The van der Waals surface area contributed by atoms with Gasteiger partial charge in [0.25, 0.3) is 0 Å². The monoisotopic (exact) mass is 112 g/mol. The quantitative estimate of drug-likeness (QED) is 0.490. The molecule has 0 spiro atoms. The fourth-order valence-electron chi connectivity index (χ4n) is 0.873. The highest BCUT2D eigenvalue weighted by Gasteiger charge is 2.16. The van der Waals surface area contributed by atoms with Crippen molar-refractivity contribution in [2.45, 2.75) is 13.3 Å². The topological polar surface area (TPSA) is 20.3 Å². The van der Waals surface area contributed by atoms with Crippen LogP contribution in [0.5, 0.6) is 0 Å². The second kappa shape index (κ2) is 2.27. The van der Waals surface area contributed by atoms with Crippen molar-refractivity contribution >= 4 is 5.78 Å². The van der Waals surface area contributed by atoms with E-state index >= 15 is 0 Å². The Morgan fingerprint density at radius 1 is 1.75 bits per heavy atom. The van der Waals surface area contributed by atoms with Crippen LogP contribution in [-0.2, 0) is 4.79 Å². The Labute approximate surface area is 49.5 Å². The Morgan fingerprint density at radius 2 is 2.50 bits per heavy atom. The Bertz CT molecular complexity index is 101. The van der Waals surface area contributed by atoms with Crippen LogP contribution in [0.3, 0.4) is 0 Å². The molecule has 1 fully saturated rings. The minimum Gasteiger partial charge on any atom is -0.298 e. The van der Waals surface area contributed by atoms with Crippen LogP contribution in [0, 0.1) is 6.54 Å². The van der Waals surface area contributed by atoms with Gasteiger partial charge in [0.2, 0.25) is 0 Å². The molecule has 0 saturated carbocycles. The fraction of sp³-hybridized carbons (Fsp3) is 0.667. The van der Waals surface area contributed by atoms with Crippen LogP contribution in [-0.4, -0.2) is 23.8 Å². The van der Waals surface area contributed by atoms with Crippen molar-refractivity contribution in [3.05, 3.63) is 6.54 Å². The zero-order valence-electron chi connectivity index (χ0n) is 5.05. The van der Waals surface area contributed by atoms with E-state index in [1.54, 1.807) is 0 Å². The molecule has 1 rings (SSSR count). The summed E-state index contributed by atoms with van der Waals surface area (Å²) in [5.74, 6) is 0.364. The lowest BCUT2D eigenvalue weighted by Gasteiger charge is -2.06. The van der Waals surface area contributed by atoms with Gasteiger partial charge in [-0.25, -0.2) is 0 Å². The van der Waals surface area contributed by atoms with Gasteiger partial charge in [0.05, 0.1) is 6.54 Å². The van der Waals surface area contributed by atoms with Crippen molar-refractivity contribution in [2.75, 3.05) is 13.1 Å². The molecule has 1 radical (unpaired) electrons. The predicted molar refractivity (Wildman–Crippen MR) is 31.2 cm³/mol. The average molecular weight is 112 g/mol. The summed E-state index contributed by atoms with van der Waals surface area (Å²) in [6, 6.07) is 0. The molecule has 8 heavy (non-hydrogen) atoms. The van der Waals surface area contributed by atoms with Crippen molar-refractivity contribution in [1.82, 2.24) is 4.90 Å². The van der Waals surface area contributed by atoms with Crippen LogP contribution in [0.15, 0.2) is 0 Å². The summed E-state index contributed by atoms with van der Waals surface area (Å²) >= 11 is 0. The summed E-state index contributed by atoms with van der Waals surface area (Å²) in [4.78, 5) is 12.6. The minimum absolute atomic E-state index is 0.364. The maximum Gasteiger partial charge on any atom is 0.148 e. The summed E-state index contributed by atoms with van der Waals surface area (Å²) in [6.07, 6.45) is 0.740. The number of ketones is 1. The highest BCUT2D eigenvalue weighted by Crippen LogP contribution is 2.04. The molecule has 1 aliphatic rings. The highest BCUT2D eigenvalue weighted by molar-refractivity contribution is 5.82. The minimum atomic E-state index is 0.364. The van der Waals surface area contributed by atoms with Gasteiger partial charge in [0.15, 0.2) is 0 Å². The fourth-order valence-corrected chi connectivity index (χ4v) is 0.873. The molecule has 1 saturated heterocycles. The van der Waals surface area contributed by atoms with Crippen molar-refractivity contribution in [3.63, 3.8) is 0 Å². The molecule has 0 atom stereocenters. The number of hydrogen-bond donors (Lipinski definition) is 0. The molecule has 0 N–H and O–H groups in total. The van der Waals surface area contributed by atoms with Gasteiger partial charge in [0.1, 0.15) is 5.78 Å². The Balaban J connectivity index is 2.32. The second-order valence-electron chi connectivity index (χ2n) is 2.02. The van der Waals surface area contributed by atoms with Gasteiger partial charge >= 0.3 is 0 Å². The maximum absolute atomic E-state index is 10.6. The van der Waals surface area contributed by atoms with Crippen molar-refractivity contribution in [3.8, 4) is 0 Å². The molecule has 2 heteroatoms. The lowest BCUT2D eigenvalue weighted by Crippen LogP contribution is -2.15. The van der Waals surface area contributed by atoms with Gasteiger partial charge in [-0.1, -0.05) is 0 Å². The third kappa shape index (κ3) is 1.07. The van der Waals surface area contributed by atoms with E-state index < -0.39 is 0 Å². The molecule has 0 amide bonds. The molecule has 0 aliphatic carbocycles. The number of rotatable bonds is 1. The maximum atomic E-state index is 10.6. The lowest BCUT2D eigenvalue weighted by atomic mass is 10.4. The van der Waals surface area contributed by atoms with E-state index in [9.17, 15) is 4.79 Å². The molecule has 1 heterocycles. The standard InChI is InChI=1S/C6H10NO/c1-2-7-4-3-6(8)5-7/h2H,3-5H2,1H3. The number of carbonyl (C=O) groups is 1. The molecule has 0 unspecified atom stereocenters. The molecule has 45 valence electrons. The molecule has 2 nitrogen and oxygen atoms in total. The van der Waals surface area contributed by atoms with Crippen molar-refractivity contribution in [1.29, 1.82) is 0 Å². The SMILES string of the molecule is C[CH]N1CCC(=O)C1. The van der Waals surface area contributed by atoms with Crippen LogP contribution in [0.1, 0.15) is 13.3 Å². The third-order valence-electron chi connectivity index (χ3n) is 1.42. The molecule has 1 aliphatic heterocycles. The van der Waals surface area contributed by atoms with Gasteiger partial charge in [-0.05, 0) is 6.92 Å². The van der Waals surface area contributed by atoms with Gasteiger partial charge in [0, 0.05) is 19.5 Å². The number of hydrogen-bond acceptors (Lipinski definition) is 2. The summed E-state index contributed by atoms with van der Waals surface area (Å²) in [6.45, 7) is 5.48. The summed E-state index contributed by atoms with van der Waals surface area (Å²) in [7, 11) is 0. The number of Topliss-reactive ketones (excluding diaryl/α,β-unsaturated/α-hetero) is 1. The molecule has 0 aromatic carbocycles. The highest BCUT2D eigenvalue weighted by atomic mass is 16.1. The smallest absolute Gasteiger partial charge is 0.148 e. The van der Waals surface area contributed by atoms with Gasteiger partial charge < -0.3 is 0 Å². The molecule has 0 bridgehead atoms. The molecule has 0 aromatic rings. The van der Waals surface area contributed by atoms with Crippen LogP contribution >= 0.6 is 0 Å². The van der Waals surface area contributed by atoms with Crippen molar-refractivity contribution < 1.29 is 4.79 Å². The van der Waals surface area contributed by atoms with Gasteiger partial charge in [-0.2, -0.15) is 0 Å². The first-order valence-corrected chi connectivity index (χ1v) is 2.88. The number of likely N-dealkylation sites (tertiary alicyclic amines) is 1. The molecule has 0 aromatic heterocycles. The average Bonchev–Trinajstić information content (AvgIpc) is 2.14. The van der Waals surface area contributed by atoms with E-state index in [0.29, 0.717) is 12.3 Å². The first kappa shape index (κ1) is 5.76. The first-order valence-electron chi connectivity index (χ1n) is 2.88. The largest absolute Gasteiger partial charge is 0.298 e.